The molecule has 0 aliphatic carbocycles. The predicted octanol–water partition coefficient (Wildman–Crippen LogP) is 7.59. The van der Waals surface area contributed by atoms with E-state index in [1.807, 2.05) is 68.4 Å². The molecular formula is C32H27F3N2O3. The number of hydrogen-bond donors (Lipinski definition) is 1. The van der Waals surface area contributed by atoms with Gasteiger partial charge in [0.15, 0.2) is 0 Å². The van der Waals surface area contributed by atoms with Crippen LogP contribution in [0.5, 0.6) is 5.75 Å². The molecule has 40 heavy (non-hydrogen) atoms. The van der Waals surface area contributed by atoms with E-state index < -0.39 is 17.7 Å². The van der Waals surface area contributed by atoms with Gasteiger partial charge in [-0.05, 0) is 72.0 Å². The zero-order valence-corrected chi connectivity index (χ0v) is 22.0. The summed E-state index contributed by atoms with van der Waals surface area (Å²) < 4.78 is 49.1. The Morgan fingerprint density at radius 3 is 2.20 bits per heavy atom. The van der Waals surface area contributed by atoms with Gasteiger partial charge in [-0.2, -0.15) is 18.3 Å². The molecule has 0 amide bonds. The van der Waals surface area contributed by atoms with Crippen molar-refractivity contribution in [2.75, 3.05) is 0 Å². The number of ether oxygens (including phenoxy) is 1. The zero-order chi connectivity index (χ0) is 28.4. The van der Waals surface area contributed by atoms with Crippen LogP contribution in [0.15, 0.2) is 84.9 Å². The van der Waals surface area contributed by atoms with Crippen LogP contribution in [0.4, 0.5) is 13.2 Å². The van der Waals surface area contributed by atoms with E-state index in [2.05, 4.69) is 5.10 Å². The Labute approximate surface area is 229 Å². The number of nitrogens with zero attached hydrogens (tertiary/aromatic N) is 2. The number of hydrogen-bond acceptors (Lipinski definition) is 3. The first kappa shape index (κ1) is 27.0. The first-order chi connectivity index (χ1) is 19.1. The summed E-state index contributed by atoms with van der Waals surface area (Å²) in [6.07, 6.45) is -4.56. The van der Waals surface area contributed by atoms with E-state index in [4.69, 9.17) is 9.84 Å². The van der Waals surface area contributed by atoms with Crippen molar-refractivity contribution < 1.29 is 27.8 Å². The Morgan fingerprint density at radius 1 is 0.900 bits per heavy atom. The van der Waals surface area contributed by atoms with Crippen LogP contribution in [0.3, 0.4) is 0 Å². The minimum Gasteiger partial charge on any atom is -0.489 e. The highest BCUT2D eigenvalue weighted by Gasteiger charge is 2.34. The Hall–Kier alpha value is -4.59. The normalized spacial score (nSPS) is 11.6. The molecule has 0 atom stereocenters. The van der Waals surface area contributed by atoms with Gasteiger partial charge in [-0.15, -0.1) is 0 Å². The van der Waals surface area contributed by atoms with E-state index in [-0.39, 0.29) is 11.9 Å². The van der Waals surface area contributed by atoms with E-state index in [0.717, 1.165) is 39.4 Å². The fourth-order valence-corrected chi connectivity index (χ4v) is 5.01. The molecule has 0 saturated carbocycles. The molecule has 0 fully saturated rings. The Balaban J connectivity index is 1.46. The number of benzene rings is 4. The highest BCUT2D eigenvalue weighted by molar-refractivity contribution is 5.95. The first-order valence-electron chi connectivity index (χ1n) is 12.7. The highest BCUT2D eigenvalue weighted by Crippen LogP contribution is 2.38. The van der Waals surface area contributed by atoms with Crippen LogP contribution in [-0.2, 0) is 30.5 Å². The lowest BCUT2D eigenvalue weighted by molar-refractivity contribution is -0.137. The summed E-state index contributed by atoms with van der Waals surface area (Å²) in [5.41, 5.74) is 5.00. The summed E-state index contributed by atoms with van der Waals surface area (Å²) in [5, 5.41) is 13.9. The first-order valence-corrected chi connectivity index (χ1v) is 12.7. The van der Waals surface area contributed by atoms with Crippen molar-refractivity contribution in [3.8, 4) is 17.0 Å². The van der Waals surface area contributed by atoms with Crippen LogP contribution in [0.25, 0.3) is 22.2 Å². The van der Waals surface area contributed by atoms with E-state index in [0.29, 0.717) is 30.0 Å². The maximum Gasteiger partial charge on any atom is 0.418 e. The lowest BCUT2D eigenvalue weighted by Crippen LogP contribution is -2.06. The molecule has 1 heterocycles. The number of carboxylic acid groups (broad SMARTS) is 1. The SMILES string of the molecule is Cc1cc(CC(=O)O)cc(C)c1COc1ccc(-c2c3cccc(C(F)(F)F)c3nn2Cc2ccccc2)cc1. The number of alkyl halides is 3. The maximum absolute atomic E-state index is 13.8. The predicted molar refractivity (Wildman–Crippen MR) is 147 cm³/mol. The average Bonchev–Trinajstić information content (AvgIpc) is 3.26. The monoisotopic (exact) mass is 544 g/mol. The van der Waals surface area contributed by atoms with Gasteiger partial charge in [0.05, 0.1) is 24.2 Å². The quantitative estimate of drug-likeness (QED) is 0.219. The summed E-state index contributed by atoms with van der Waals surface area (Å²) in [4.78, 5) is 11.1. The van der Waals surface area contributed by atoms with E-state index in [9.17, 15) is 18.0 Å². The third-order valence-corrected chi connectivity index (χ3v) is 6.87. The third kappa shape index (κ3) is 5.71. The molecule has 0 radical (unpaired) electrons. The molecule has 4 aromatic carbocycles. The van der Waals surface area contributed by atoms with Gasteiger partial charge in [-0.3, -0.25) is 9.48 Å². The van der Waals surface area contributed by atoms with Crippen LogP contribution in [-0.4, -0.2) is 20.9 Å². The summed E-state index contributed by atoms with van der Waals surface area (Å²) in [7, 11) is 0. The molecule has 0 aliphatic heterocycles. The molecule has 0 saturated heterocycles. The Kier molecular flexibility index (Phi) is 7.34. The van der Waals surface area contributed by atoms with Crippen LogP contribution in [0.1, 0.15) is 33.4 Å². The van der Waals surface area contributed by atoms with Gasteiger partial charge in [0.2, 0.25) is 0 Å². The van der Waals surface area contributed by atoms with Crippen molar-refractivity contribution in [3.63, 3.8) is 0 Å². The fraction of sp³-hybridized carbons (Fsp3) is 0.188. The molecular weight excluding hydrogens is 517 g/mol. The van der Waals surface area contributed by atoms with E-state index >= 15 is 0 Å². The molecule has 0 aliphatic rings. The smallest absolute Gasteiger partial charge is 0.418 e. The fourth-order valence-electron chi connectivity index (χ4n) is 5.01. The molecule has 204 valence electrons. The number of halogens is 3. The van der Waals surface area contributed by atoms with Crippen molar-refractivity contribution in [2.24, 2.45) is 0 Å². The van der Waals surface area contributed by atoms with Gasteiger partial charge in [0.25, 0.3) is 0 Å². The summed E-state index contributed by atoms with van der Waals surface area (Å²) >= 11 is 0. The second kappa shape index (κ2) is 10.9. The minimum atomic E-state index is -4.53. The molecule has 0 bridgehead atoms. The lowest BCUT2D eigenvalue weighted by atomic mass is 9.98. The van der Waals surface area contributed by atoms with Gasteiger partial charge in [-0.25, -0.2) is 0 Å². The third-order valence-electron chi connectivity index (χ3n) is 6.87. The summed E-state index contributed by atoms with van der Waals surface area (Å²) in [6, 6.07) is 24.6. The summed E-state index contributed by atoms with van der Waals surface area (Å²) in [6.45, 7) is 4.47. The Morgan fingerprint density at radius 2 is 1.57 bits per heavy atom. The number of carboxylic acids is 1. The molecule has 0 spiro atoms. The van der Waals surface area contributed by atoms with Crippen molar-refractivity contribution in [2.45, 2.75) is 39.6 Å². The number of fused-ring (bicyclic) bond motifs is 1. The van der Waals surface area contributed by atoms with Crippen LogP contribution in [0, 0.1) is 13.8 Å². The van der Waals surface area contributed by atoms with Crippen LogP contribution >= 0.6 is 0 Å². The minimum absolute atomic E-state index is 0.0374. The standard InChI is InChI=1S/C32H27F3N2O3/c1-20-15-23(17-29(38)39)16-21(2)27(20)19-40-25-13-11-24(12-14-25)31-26-9-6-10-28(32(33,34)35)30(26)36-37(31)18-22-7-4-3-5-8-22/h3-16H,17-19H2,1-2H3,(H,38,39). The summed E-state index contributed by atoms with van der Waals surface area (Å²) in [5.74, 6) is -0.276. The number of carbonyl (C=O) groups is 1. The van der Waals surface area contributed by atoms with Crippen LogP contribution in [0.2, 0.25) is 0 Å². The topological polar surface area (TPSA) is 64.3 Å². The number of aryl methyl sites for hydroxylation is 2. The molecule has 5 aromatic rings. The van der Waals surface area contributed by atoms with Gasteiger partial charge < -0.3 is 9.84 Å². The molecule has 5 rings (SSSR count). The second-order valence-corrected chi connectivity index (χ2v) is 9.78. The Bertz CT molecular complexity index is 1650. The van der Waals surface area contributed by atoms with Crippen molar-refractivity contribution >= 4 is 16.9 Å². The average molecular weight is 545 g/mol. The van der Waals surface area contributed by atoms with E-state index in [1.165, 1.54) is 6.07 Å². The van der Waals surface area contributed by atoms with Crippen molar-refractivity contribution in [3.05, 3.63) is 118 Å². The number of rotatable bonds is 8. The van der Waals surface area contributed by atoms with Gasteiger partial charge in [-0.1, -0.05) is 54.6 Å². The molecule has 8 heteroatoms. The second-order valence-electron chi connectivity index (χ2n) is 9.78. The largest absolute Gasteiger partial charge is 0.489 e. The number of aromatic nitrogens is 2. The van der Waals surface area contributed by atoms with Gasteiger partial charge in [0, 0.05) is 10.9 Å². The van der Waals surface area contributed by atoms with Crippen molar-refractivity contribution in [1.29, 1.82) is 0 Å². The van der Waals surface area contributed by atoms with Crippen molar-refractivity contribution in [1.82, 2.24) is 9.78 Å². The van der Waals surface area contributed by atoms with Crippen LogP contribution < -0.4 is 4.74 Å². The molecule has 1 N–H and O–H groups in total. The van der Waals surface area contributed by atoms with E-state index in [1.54, 1.807) is 22.9 Å². The van der Waals surface area contributed by atoms with Gasteiger partial charge in [0.1, 0.15) is 17.9 Å². The maximum atomic E-state index is 13.8. The number of aliphatic carboxylic acids is 1. The highest BCUT2D eigenvalue weighted by atomic mass is 19.4. The molecule has 5 nitrogen and oxygen atoms in total. The molecule has 1 aromatic heterocycles. The van der Waals surface area contributed by atoms with Gasteiger partial charge >= 0.3 is 12.1 Å². The zero-order valence-electron chi connectivity index (χ0n) is 22.0. The lowest BCUT2D eigenvalue weighted by Gasteiger charge is -2.14. The molecule has 0 unspecified atom stereocenters.